The largest absolute Gasteiger partial charge is 0.440 e. The number of halogens is 2. The number of oxazole rings is 1. The first kappa shape index (κ1) is 23.0. The van der Waals surface area contributed by atoms with Gasteiger partial charge in [-0.25, -0.2) is 9.37 Å². The molecule has 0 atom stereocenters. The van der Waals surface area contributed by atoms with E-state index in [2.05, 4.69) is 24.6 Å². The number of benzene rings is 2. The van der Waals surface area contributed by atoms with Gasteiger partial charge in [-0.3, -0.25) is 4.90 Å². The van der Waals surface area contributed by atoms with Gasteiger partial charge < -0.3 is 13.7 Å². The normalized spacial score (nSPS) is 14.5. The van der Waals surface area contributed by atoms with Crippen LogP contribution in [0.3, 0.4) is 0 Å². The Balaban J connectivity index is 1.33. The fraction of sp³-hybridized carbons (Fsp3) is 0.292. The molecule has 7 nitrogen and oxygen atoms in total. The highest BCUT2D eigenvalue weighted by molar-refractivity contribution is 7.98. The first-order valence-corrected chi connectivity index (χ1v) is 12.3. The molecule has 34 heavy (non-hydrogen) atoms. The molecule has 1 aliphatic rings. The Morgan fingerprint density at radius 2 is 1.82 bits per heavy atom. The Morgan fingerprint density at radius 3 is 2.62 bits per heavy atom. The fourth-order valence-corrected chi connectivity index (χ4v) is 4.76. The number of rotatable bonds is 8. The van der Waals surface area contributed by atoms with Crippen molar-refractivity contribution in [3.8, 4) is 22.7 Å². The predicted molar refractivity (Wildman–Crippen MR) is 129 cm³/mol. The van der Waals surface area contributed by atoms with Crippen LogP contribution in [0.15, 0.2) is 64.3 Å². The Morgan fingerprint density at radius 1 is 1.00 bits per heavy atom. The average Bonchev–Trinajstić information content (AvgIpc) is 3.50. The second kappa shape index (κ2) is 10.7. The Labute approximate surface area is 205 Å². The molecule has 0 unspecified atom stereocenters. The zero-order valence-electron chi connectivity index (χ0n) is 18.4. The van der Waals surface area contributed by atoms with E-state index in [9.17, 15) is 4.39 Å². The Kier molecular flexibility index (Phi) is 7.24. The van der Waals surface area contributed by atoms with E-state index in [0.717, 1.165) is 49.1 Å². The van der Waals surface area contributed by atoms with E-state index in [1.165, 1.54) is 23.9 Å². The molecule has 10 heteroatoms. The molecule has 1 fully saturated rings. The molecule has 3 heterocycles. The summed E-state index contributed by atoms with van der Waals surface area (Å²) in [6.45, 7) is 4.85. The molecule has 1 aliphatic heterocycles. The van der Waals surface area contributed by atoms with Crippen molar-refractivity contribution in [2.24, 2.45) is 0 Å². The SMILES string of the molecule is Fc1ccc(-c2nnc(SCc3ncc(-c4cccc(Cl)c4)o3)n2CCN2CCOCC2)cc1. The maximum Gasteiger partial charge on any atom is 0.205 e. The van der Waals surface area contributed by atoms with E-state index in [1.807, 2.05) is 24.3 Å². The van der Waals surface area contributed by atoms with Crippen LogP contribution < -0.4 is 0 Å². The van der Waals surface area contributed by atoms with Crippen molar-refractivity contribution in [2.45, 2.75) is 17.5 Å². The number of ether oxygens (including phenoxy) is 1. The van der Waals surface area contributed by atoms with Gasteiger partial charge in [-0.2, -0.15) is 0 Å². The number of nitrogens with zero attached hydrogens (tertiary/aromatic N) is 5. The van der Waals surface area contributed by atoms with Crippen LogP contribution in [0.1, 0.15) is 5.89 Å². The van der Waals surface area contributed by atoms with E-state index in [-0.39, 0.29) is 5.82 Å². The minimum absolute atomic E-state index is 0.280. The van der Waals surface area contributed by atoms with Crippen molar-refractivity contribution in [2.75, 3.05) is 32.8 Å². The summed E-state index contributed by atoms with van der Waals surface area (Å²) in [5.74, 6) is 2.18. The van der Waals surface area contributed by atoms with Crippen LogP contribution in [0, 0.1) is 5.82 Å². The summed E-state index contributed by atoms with van der Waals surface area (Å²) in [6.07, 6.45) is 1.70. The first-order chi connectivity index (χ1) is 16.7. The number of hydrogen-bond acceptors (Lipinski definition) is 7. The van der Waals surface area contributed by atoms with Gasteiger partial charge in [-0.05, 0) is 36.4 Å². The summed E-state index contributed by atoms with van der Waals surface area (Å²) in [4.78, 5) is 6.77. The topological polar surface area (TPSA) is 69.2 Å². The standard InChI is InChI=1S/C24H23ClFN5O2S/c25-19-3-1-2-18(14-19)21-15-27-22(33-21)16-34-24-29-28-23(17-4-6-20(26)7-5-17)31(24)9-8-30-10-12-32-13-11-30/h1-7,14-15H,8-13,16H2. The quantitative estimate of drug-likeness (QED) is 0.315. The molecule has 1 saturated heterocycles. The molecule has 176 valence electrons. The summed E-state index contributed by atoms with van der Waals surface area (Å²) in [5, 5.41) is 10.2. The molecule has 0 saturated carbocycles. The number of hydrogen-bond donors (Lipinski definition) is 0. The molecule has 0 spiro atoms. The van der Waals surface area contributed by atoms with Gasteiger partial charge in [0.05, 0.1) is 25.2 Å². The van der Waals surface area contributed by atoms with Crippen LogP contribution in [0.5, 0.6) is 0 Å². The van der Waals surface area contributed by atoms with Gasteiger partial charge >= 0.3 is 0 Å². The van der Waals surface area contributed by atoms with Crippen molar-refractivity contribution < 1.29 is 13.5 Å². The molecule has 0 amide bonds. The van der Waals surface area contributed by atoms with Crippen molar-refractivity contribution in [3.63, 3.8) is 0 Å². The molecule has 2 aromatic carbocycles. The van der Waals surface area contributed by atoms with Gasteiger partial charge in [0, 0.05) is 42.3 Å². The fourth-order valence-electron chi connectivity index (χ4n) is 3.75. The molecule has 0 aliphatic carbocycles. The lowest BCUT2D eigenvalue weighted by Crippen LogP contribution is -2.38. The minimum Gasteiger partial charge on any atom is -0.440 e. The van der Waals surface area contributed by atoms with Gasteiger partial charge in [0.25, 0.3) is 0 Å². The number of thioether (sulfide) groups is 1. The van der Waals surface area contributed by atoms with E-state index < -0.39 is 0 Å². The van der Waals surface area contributed by atoms with Gasteiger partial charge in [-0.1, -0.05) is 35.5 Å². The summed E-state index contributed by atoms with van der Waals surface area (Å²) >= 11 is 7.60. The minimum atomic E-state index is -0.280. The maximum atomic E-state index is 13.5. The molecular formula is C24H23ClFN5O2S. The second-order valence-electron chi connectivity index (χ2n) is 7.84. The van der Waals surface area contributed by atoms with E-state index in [4.69, 9.17) is 20.8 Å². The number of aromatic nitrogens is 4. The number of morpholine rings is 1. The molecule has 0 radical (unpaired) electrons. The summed E-state index contributed by atoms with van der Waals surface area (Å²) in [5.41, 5.74) is 1.70. The highest BCUT2D eigenvalue weighted by Crippen LogP contribution is 2.29. The molecular weight excluding hydrogens is 477 g/mol. The lowest BCUT2D eigenvalue weighted by Gasteiger charge is -2.27. The predicted octanol–water partition coefficient (Wildman–Crippen LogP) is 5.02. The van der Waals surface area contributed by atoms with E-state index >= 15 is 0 Å². The smallest absolute Gasteiger partial charge is 0.205 e. The first-order valence-electron chi connectivity index (χ1n) is 11.0. The zero-order chi connectivity index (χ0) is 23.3. The molecule has 0 N–H and O–H groups in total. The van der Waals surface area contributed by atoms with Crippen LogP contribution in [-0.4, -0.2) is 57.5 Å². The molecule has 4 aromatic rings. The molecule has 5 rings (SSSR count). The Bertz CT molecular complexity index is 1240. The average molecular weight is 500 g/mol. The van der Waals surface area contributed by atoms with Crippen LogP contribution in [0.25, 0.3) is 22.7 Å². The maximum absolute atomic E-state index is 13.5. The Hall–Kier alpha value is -2.72. The molecule has 0 bridgehead atoms. The van der Waals surface area contributed by atoms with E-state index in [0.29, 0.717) is 34.8 Å². The van der Waals surface area contributed by atoms with Gasteiger partial charge in [0.2, 0.25) is 5.89 Å². The third-order valence-electron chi connectivity index (χ3n) is 5.55. The van der Waals surface area contributed by atoms with Crippen LogP contribution in [0.2, 0.25) is 5.02 Å². The summed E-state index contributed by atoms with van der Waals surface area (Å²) in [7, 11) is 0. The summed E-state index contributed by atoms with van der Waals surface area (Å²) in [6, 6.07) is 13.8. The van der Waals surface area contributed by atoms with Gasteiger partial charge in [0.15, 0.2) is 16.7 Å². The van der Waals surface area contributed by atoms with Gasteiger partial charge in [-0.15, -0.1) is 10.2 Å². The summed E-state index contributed by atoms with van der Waals surface area (Å²) < 4.78 is 26.9. The monoisotopic (exact) mass is 499 g/mol. The van der Waals surface area contributed by atoms with Crippen LogP contribution in [0.4, 0.5) is 4.39 Å². The highest BCUT2D eigenvalue weighted by atomic mass is 35.5. The van der Waals surface area contributed by atoms with E-state index in [1.54, 1.807) is 18.3 Å². The lowest BCUT2D eigenvalue weighted by atomic mass is 10.2. The van der Waals surface area contributed by atoms with Crippen LogP contribution in [-0.2, 0) is 17.0 Å². The highest BCUT2D eigenvalue weighted by Gasteiger charge is 2.18. The molecule has 2 aromatic heterocycles. The third-order valence-corrected chi connectivity index (χ3v) is 6.74. The third kappa shape index (κ3) is 5.50. The van der Waals surface area contributed by atoms with Crippen molar-refractivity contribution in [3.05, 3.63) is 71.5 Å². The van der Waals surface area contributed by atoms with Crippen molar-refractivity contribution in [1.82, 2.24) is 24.6 Å². The van der Waals surface area contributed by atoms with Crippen molar-refractivity contribution in [1.29, 1.82) is 0 Å². The second-order valence-corrected chi connectivity index (χ2v) is 9.21. The van der Waals surface area contributed by atoms with Crippen molar-refractivity contribution >= 4 is 23.4 Å². The lowest BCUT2D eigenvalue weighted by molar-refractivity contribution is 0.0361. The van der Waals surface area contributed by atoms with Gasteiger partial charge in [0.1, 0.15) is 5.82 Å². The van der Waals surface area contributed by atoms with Crippen LogP contribution >= 0.6 is 23.4 Å². The zero-order valence-corrected chi connectivity index (χ0v) is 19.9.